The number of ether oxygens (including phenoxy) is 1. The lowest BCUT2D eigenvalue weighted by molar-refractivity contribution is -0.0230. The van der Waals surface area contributed by atoms with Gasteiger partial charge in [0, 0.05) is 13.1 Å². The summed E-state index contributed by atoms with van der Waals surface area (Å²) in [5.41, 5.74) is 4.43. The molecule has 110 valence electrons. The molecule has 3 rings (SSSR count). The first kappa shape index (κ1) is 13.6. The number of hydrogen-bond acceptors (Lipinski definition) is 7. The highest BCUT2D eigenvalue weighted by Crippen LogP contribution is 2.34. The van der Waals surface area contributed by atoms with Gasteiger partial charge in [0.15, 0.2) is 6.29 Å². The van der Waals surface area contributed by atoms with E-state index < -0.39 is 0 Å². The van der Waals surface area contributed by atoms with Crippen LogP contribution in [-0.4, -0.2) is 56.5 Å². The van der Waals surface area contributed by atoms with E-state index in [4.69, 9.17) is 4.74 Å². The number of benzene rings is 1. The molecule has 0 bridgehead atoms. The molecule has 0 radical (unpaired) electrons. The van der Waals surface area contributed by atoms with Gasteiger partial charge in [-0.3, -0.25) is 14.8 Å². The third-order valence-electron chi connectivity index (χ3n) is 3.62. The summed E-state index contributed by atoms with van der Waals surface area (Å²) in [7, 11) is 4.02. The fraction of sp³-hybridized carbons (Fsp3) is 0.538. The second-order valence-corrected chi connectivity index (χ2v) is 5.21. The van der Waals surface area contributed by atoms with Crippen molar-refractivity contribution in [2.24, 2.45) is 0 Å². The number of morpholine rings is 1. The summed E-state index contributed by atoms with van der Waals surface area (Å²) in [6.45, 7) is 3.14. The molecule has 1 unspecified atom stereocenters. The van der Waals surface area contributed by atoms with Gasteiger partial charge < -0.3 is 15.1 Å². The first-order chi connectivity index (χ1) is 9.68. The van der Waals surface area contributed by atoms with Gasteiger partial charge in [0.1, 0.15) is 0 Å². The summed E-state index contributed by atoms with van der Waals surface area (Å²) in [5, 5.41) is 14.7. The summed E-state index contributed by atoms with van der Waals surface area (Å²) in [6.07, 6.45) is -0.0287. The van der Waals surface area contributed by atoms with Crippen LogP contribution in [0.15, 0.2) is 24.3 Å². The van der Waals surface area contributed by atoms with Gasteiger partial charge in [0.05, 0.1) is 24.6 Å². The van der Waals surface area contributed by atoms with Gasteiger partial charge in [-0.1, -0.05) is 12.1 Å². The Morgan fingerprint density at radius 3 is 2.50 bits per heavy atom. The lowest BCUT2D eigenvalue weighted by atomic mass is 10.2. The third-order valence-corrected chi connectivity index (χ3v) is 3.62. The Bertz CT molecular complexity index is 464. The number of fused-ring (bicyclic) bond motifs is 1. The van der Waals surface area contributed by atoms with Gasteiger partial charge in [-0.05, 0) is 26.2 Å². The molecule has 2 aliphatic heterocycles. The Labute approximate surface area is 118 Å². The number of para-hydroxylation sites is 2. The average molecular weight is 278 g/mol. The van der Waals surface area contributed by atoms with Crippen molar-refractivity contribution in [2.75, 3.05) is 50.6 Å². The van der Waals surface area contributed by atoms with E-state index in [1.807, 2.05) is 43.4 Å². The summed E-state index contributed by atoms with van der Waals surface area (Å²) in [5.74, 6) is 0. The van der Waals surface area contributed by atoms with Crippen LogP contribution in [-0.2, 0) is 4.74 Å². The van der Waals surface area contributed by atoms with E-state index in [1.165, 1.54) is 0 Å². The van der Waals surface area contributed by atoms with Gasteiger partial charge in [-0.15, -0.1) is 0 Å². The average Bonchev–Trinajstić information content (AvgIpc) is 2.78. The second-order valence-electron chi connectivity index (χ2n) is 5.21. The fourth-order valence-corrected chi connectivity index (χ4v) is 2.75. The molecule has 1 atom stereocenters. The maximum Gasteiger partial charge on any atom is 0.155 e. The van der Waals surface area contributed by atoms with Gasteiger partial charge in [-0.2, -0.15) is 5.53 Å². The monoisotopic (exact) mass is 278 g/mol. The van der Waals surface area contributed by atoms with Crippen molar-refractivity contribution in [1.29, 1.82) is 0 Å². The SMILES string of the molecule is CN(C)C(N1CCOCC1)N1NN([O-])c2ccccc21. The van der Waals surface area contributed by atoms with E-state index in [2.05, 4.69) is 15.3 Å². The minimum absolute atomic E-state index is 0.0287. The summed E-state index contributed by atoms with van der Waals surface area (Å²) < 4.78 is 5.41. The number of anilines is 2. The zero-order valence-corrected chi connectivity index (χ0v) is 11.8. The van der Waals surface area contributed by atoms with Crippen molar-refractivity contribution < 1.29 is 4.74 Å². The van der Waals surface area contributed by atoms with Crippen LogP contribution in [0, 0.1) is 5.21 Å². The highest BCUT2D eigenvalue weighted by molar-refractivity contribution is 5.74. The summed E-state index contributed by atoms with van der Waals surface area (Å²) >= 11 is 0. The molecule has 0 saturated carbocycles. The fourth-order valence-electron chi connectivity index (χ4n) is 2.75. The lowest BCUT2D eigenvalue weighted by Crippen LogP contribution is -2.63. The van der Waals surface area contributed by atoms with Crippen LogP contribution >= 0.6 is 0 Å². The van der Waals surface area contributed by atoms with Crippen molar-refractivity contribution in [2.45, 2.75) is 6.29 Å². The minimum Gasteiger partial charge on any atom is -0.742 e. The maximum atomic E-state index is 12.0. The maximum absolute atomic E-state index is 12.0. The van der Waals surface area contributed by atoms with Crippen LogP contribution in [0.2, 0.25) is 0 Å². The molecule has 7 nitrogen and oxygen atoms in total. The highest BCUT2D eigenvalue weighted by Gasteiger charge is 2.33. The van der Waals surface area contributed by atoms with Crippen molar-refractivity contribution in [3.05, 3.63) is 29.5 Å². The summed E-state index contributed by atoms with van der Waals surface area (Å²) in [4.78, 5) is 4.39. The molecule has 20 heavy (non-hydrogen) atoms. The number of nitrogens with zero attached hydrogens (tertiary/aromatic N) is 4. The Kier molecular flexibility index (Phi) is 3.77. The van der Waals surface area contributed by atoms with Crippen LogP contribution in [0.3, 0.4) is 0 Å². The van der Waals surface area contributed by atoms with Crippen molar-refractivity contribution in [3.8, 4) is 0 Å². The summed E-state index contributed by atoms with van der Waals surface area (Å²) in [6, 6.07) is 7.59. The Balaban J connectivity index is 1.89. The van der Waals surface area contributed by atoms with E-state index in [0.717, 1.165) is 37.2 Å². The lowest BCUT2D eigenvalue weighted by Gasteiger charge is -2.44. The quantitative estimate of drug-likeness (QED) is 0.859. The predicted molar refractivity (Wildman–Crippen MR) is 77.8 cm³/mol. The van der Waals surface area contributed by atoms with E-state index in [0.29, 0.717) is 5.69 Å². The highest BCUT2D eigenvalue weighted by atomic mass is 16.6. The number of hydrazine groups is 2. The Hall–Kier alpha value is -1.38. The molecule has 0 aliphatic carbocycles. The molecule has 0 spiro atoms. The van der Waals surface area contributed by atoms with Gasteiger partial charge in [-0.25, -0.2) is 0 Å². The second kappa shape index (κ2) is 5.55. The smallest absolute Gasteiger partial charge is 0.155 e. The molecular formula is C13H20N5O2-. The van der Waals surface area contributed by atoms with Gasteiger partial charge in [0.2, 0.25) is 0 Å². The van der Waals surface area contributed by atoms with Crippen molar-refractivity contribution in [1.82, 2.24) is 15.3 Å². The van der Waals surface area contributed by atoms with Crippen LogP contribution in [0.25, 0.3) is 0 Å². The minimum atomic E-state index is -0.0287. The molecule has 7 heteroatoms. The Morgan fingerprint density at radius 2 is 1.85 bits per heavy atom. The van der Waals surface area contributed by atoms with E-state index in [-0.39, 0.29) is 6.29 Å². The van der Waals surface area contributed by atoms with Crippen molar-refractivity contribution >= 4 is 11.4 Å². The van der Waals surface area contributed by atoms with Gasteiger partial charge in [0.25, 0.3) is 0 Å². The molecule has 0 amide bonds. The van der Waals surface area contributed by atoms with Crippen LogP contribution in [0.5, 0.6) is 0 Å². The molecule has 1 fully saturated rings. The number of nitrogens with one attached hydrogen (secondary N) is 1. The van der Waals surface area contributed by atoms with E-state index in [1.54, 1.807) is 0 Å². The standard InChI is InChI=1S/C13H20N5O2/c1-15(2)13(16-7-9-20-10-8-16)17-11-5-3-4-6-12(11)18(19)14-17/h3-6,13-14H,7-10H2,1-2H3/q-1. The van der Waals surface area contributed by atoms with Crippen LogP contribution in [0.1, 0.15) is 0 Å². The van der Waals surface area contributed by atoms with E-state index in [9.17, 15) is 5.21 Å². The molecule has 2 aliphatic rings. The first-order valence-electron chi connectivity index (χ1n) is 6.78. The molecule has 1 aromatic rings. The van der Waals surface area contributed by atoms with Crippen LogP contribution < -0.4 is 15.7 Å². The topological polar surface area (TPSA) is 57.3 Å². The molecule has 1 saturated heterocycles. The predicted octanol–water partition coefficient (Wildman–Crippen LogP) is 0.408. The van der Waals surface area contributed by atoms with Crippen molar-refractivity contribution in [3.63, 3.8) is 0 Å². The largest absolute Gasteiger partial charge is 0.742 e. The van der Waals surface area contributed by atoms with E-state index >= 15 is 0 Å². The number of hydrogen-bond donors (Lipinski definition) is 1. The van der Waals surface area contributed by atoms with Crippen LogP contribution in [0.4, 0.5) is 11.4 Å². The Morgan fingerprint density at radius 1 is 1.20 bits per heavy atom. The molecular weight excluding hydrogens is 258 g/mol. The molecule has 0 aromatic heterocycles. The number of rotatable bonds is 3. The normalized spacial score (nSPS) is 21.4. The third kappa shape index (κ3) is 2.34. The molecule has 1 aromatic carbocycles. The molecule has 1 N–H and O–H groups in total. The van der Waals surface area contributed by atoms with Gasteiger partial charge >= 0.3 is 0 Å². The zero-order valence-electron chi connectivity index (χ0n) is 11.8. The molecule has 2 heterocycles. The first-order valence-corrected chi connectivity index (χ1v) is 6.78. The zero-order chi connectivity index (χ0) is 14.1.